The smallest absolute Gasteiger partial charge is 0.430 e. The molecule has 0 atom stereocenters. The van der Waals surface area contributed by atoms with E-state index in [1.165, 1.54) is 11.3 Å². The van der Waals surface area contributed by atoms with Gasteiger partial charge in [-0.25, -0.2) is 8.78 Å². The fraction of sp³-hybridized carbons (Fsp3) is 0.400. The Morgan fingerprint density at radius 1 is 1.11 bits per heavy atom. The van der Waals surface area contributed by atoms with Crippen molar-refractivity contribution in [3.8, 4) is 11.5 Å². The van der Waals surface area contributed by atoms with Gasteiger partial charge < -0.3 is 30.8 Å². The van der Waals surface area contributed by atoms with Crippen molar-refractivity contribution in [2.75, 3.05) is 26.3 Å². The van der Waals surface area contributed by atoms with Gasteiger partial charge in [-0.3, -0.25) is 0 Å². The van der Waals surface area contributed by atoms with Crippen molar-refractivity contribution < 1.29 is 52.8 Å². The standard InChI is InChI=1S/C13H16F2N2O2S.C2HF3O2/c1-7-6-8-9(14)11(18-4-2-16)12(19-5-3-17)10(15)13(8)20-7;3-2(4,5)1(6)7/h6H,2-5,16-17H2,1H3;(H,6,7)/p+1. The monoisotopic (exact) mass is 417 g/mol. The van der Waals surface area contributed by atoms with E-state index in [9.17, 15) is 22.0 Å². The summed E-state index contributed by atoms with van der Waals surface area (Å²) in [5.41, 5.74) is 7.24. The Hall–Kier alpha value is -2.18. The highest BCUT2D eigenvalue weighted by Crippen LogP contribution is 2.42. The Kier molecular flexibility index (Phi) is 8.19. The Labute approximate surface area is 154 Å². The van der Waals surface area contributed by atoms with Crippen LogP contribution in [0.4, 0.5) is 22.0 Å². The van der Waals surface area contributed by atoms with Crippen LogP contribution in [0.1, 0.15) is 4.88 Å². The quantitative estimate of drug-likeness (QED) is 0.646. The second-order valence-electron chi connectivity index (χ2n) is 5.08. The highest BCUT2D eigenvalue weighted by atomic mass is 32.1. The summed E-state index contributed by atoms with van der Waals surface area (Å²) >= 11 is 1.19. The maximum Gasteiger partial charge on any atom is 0.430 e. The maximum absolute atomic E-state index is 14.5. The highest BCUT2D eigenvalue weighted by Gasteiger charge is 2.29. The normalized spacial score (nSPS) is 11.1. The Bertz CT molecular complexity index is 744. The molecule has 27 heavy (non-hydrogen) atoms. The number of carbonyl (C=O) groups is 1. The molecule has 0 unspecified atom stereocenters. The van der Waals surface area contributed by atoms with Gasteiger partial charge in [-0.1, -0.05) is 0 Å². The molecule has 0 spiro atoms. The summed E-state index contributed by atoms with van der Waals surface area (Å²) in [6, 6.07) is 1.61. The van der Waals surface area contributed by atoms with Gasteiger partial charge in [0.05, 0.1) is 4.70 Å². The first-order valence-electron chi connectivity index (χ1n) is 7.57. The number of fused-ring (bicyclic) bond motifs is 1. The van der Waals surface area contributed by atoms with Crippen molar-refractivity contribution in [1.29, 1.82) is 0 Å². The molecule has 12 heteroatoms. The predicted octanol–water partition coefficient (Wildman–Crippen LogP) is 0.0279. The van der Waals surface area contributed by atoms with Gasteiger partial charge in [-0.05, 0) is 13.0 Å². The summed E-state index contributed by atoms with van der Waals surface area (Å²) in [6.07, 6.45) is -5.19. The average molecular weight is 417 g/mol. The number of benzene rings is 1. The Balaban J connectivity index is 0.000000445. The van der Waals surface area contributed by atoms with Gasteiger partial charge in [-0.15, -0.1) is 11.3 Å². The van der Waals surface area contributed by atoms with Gasteiger partial charge in [0.2, 0.25) is 11.5 Å². The number of thiophene rings is 1. The molecule has 1 aromatic heterocycles. The second kappa shape index (κ2) is 9.67. The molecule has 0 saturated heterocycles. The number of aliphatic carboxylic acids is 1. The van der Waals surface area contributed by atoms with E-state index >= 15 is 0 Å². The molecule has 1 heterocycles. The van der Waals surface area contributed by atoms with Crippen LogP contribution < -0.4 is 26.0 Å². The molecule has 0 aliphatic heterocycles. The lowest BCUT2D eigenvalue weighted by Gasteiger charge is -2.13. The van der Waals surface area contributed by atoms with Crippen LogP contribution in [0.5, 0.6) is 11.5 Å². The van der Waals surface area contributed by atoms with Crippen molar-refractivity contribution >= 4 is 27.4 Å². The number of hydrogen-bond acceptors (Lipinski definition) is 5. The van der Waals surface area contributed by atoms with Crippen LogP contribution >= 0.6 is 11.3 Å². The average Bonchev–Trinajstić information content (AvgIpc) is 2.98. The predicted molar refractivity (Wildman–Crippen MR) is 84.0 cm³/mol. The van der Waals surface area contributed by atoms with Gasteiger partial charge in [0, 0.05) is 10.3 Å². The number of hydrogen-bond donors (Lipinski definition) is 2. The maximum atomic E-state index is 14.5. The van der Waals surface area contributed by atoms with Crippen LogP contribution in [0.15, 0.2) is 6.07 Å². The van der Waals surface area contributed by atoms with Crippen molar-refractivity contribution in [3.63, 3.8) is 0 Å². The third-order valence-electron chi connectivity index (χ3n) is 2.91. The van der Waals surface area contributed by atoms with E-state index < -0.39 is 23.8 Å². The molecule has 0 fully saturated rings. The molecule has 0 saturated carbocycles. The largest absolute Gasteiger partial charge is 0.542 e. The number of carboxylic acids is 1. The summed E-state index contributed by atoms with van der Waals surface area (Å²) < 4.78 is 71.3. The zero-order valence-corrected chi connectivity index (χ0v) is 15.1. The highest BCUT2D eigenvalue weighted by molar-refractivity contribution is 7.19. The van der Waals surface area contributed by atoms with E-state index in [1.807, 2.05) is 0 Å². The number of halogens is 5. The van der Waals surface area contributed by atoms with Crippen LogP contribution in [0.2, 0.25) is 0 Å². The van der Waals surface area contributed by atoms with E-state index in [2.05, 4.69) is 11.5 Å². The first-order chi connectivity index (χ1) is 12.5. The molecule has 2 rings (SSSR count). The Morgan fingerprint density at radius 3 is 1.96 bits per heavy atom. The SMILES string of the molecule is Cc1cc2c(F)c(OCC[NH3+])c(OCC[NH3+])c(F)c2s1.O=C([O-])C(F)(F)F. The van der Waals surface area contributed by atoms with Gasteiger partial charge in [0.15, 0.2) is 11.6 Å². The topological polar surface area (TPSA) is 114 Å². The second-order valence-corrected chi connectivity index (χ2v) is 6.33. The summed E-state index contributed by atoms with van der Waals surface area (Å²) in [5.74, 6) is -4.52. The lowest BCUT2D eigenvalue weighted by atomic mass is 10.2. The van der Waals surface area contributed by atoms with Crippen molar-refractivity contribution in [1.82, 2.24) is 0 Å². The third kappa shape index (κ3) is 5.91. The minimum atomic E-state index is -5.19. The number of carboxylic acid groups (broad SMARTS) is 1. The van der Waals surface area contributed by atoms with E-state index in [0.717, 1.165) is 4.88 Å². The van der Waals surface area contributed by atoms with E-state index in [0.29, 0.717) is 13.1 Å². The zero-order valence-electron chi connectivity index (χ0n) is 14.3. The van der Waals surface area contributed by atoms with Gasteiger partial charge in [-0.2, -0.15) is 13.2 Å². The lowest BCUT2D eigenvalue weighted by molar-refractivity contribution is -0.372. The van der Waals surface area contributed by atoms with Crippen molar-refractivity contribution in [2.24, 2.45) is 0 Å². The molecule has 0 amide bonds. The fourth-order valence-corrected chi connectivity index (χ4v) is 2.81. The number of carbonyl (C=O) groups excluding carboxylic acids is 1. The summed E-state index contributed by atoms with van der Waals surface area (Å²) in [6.45, 7) is 3.11. The summed E-state index contributed by atoms with van der Waals surface area (Å²) in [5, 5.41) is 9.01. The van der Waals surface area contributed by atoms with Crippen LogP contribution in [-0.4, -0.2) is 38.4 Å². The number of rotatable bonds is 6. The molecule has 152 valence electrons. The first-order valence-corrected chi connectivity index (χ1v) is 8.39. The first kappa shape index (κ1) is 22.9. The molecule has 6 nitrogen and oxygen atoms in total. The van der Waals surface area contributed by atoms with Crippen LogP contribution in [-0.2, 0) is 4.79 Å². The van der Waals surface area contributed by atoms with E-state index in [-0.39, 0.29) is 34.8 Å². The third-order valence-corrected chi connectivity index (χ3v) is 3.95. The molecule has 0 aliphatic rings. The molecular formula is C15H18F5N2O4S+. The Morgan fingerprint density at radius 2 is 1.56 bits per heavy atom. The number of alkyl halides is 3. The zero-order chi connectivity index (χ0) is 20.8. The van der Waals surface area contributed by atoms with Crippen molar-refractivity contribution in [2.45, 2.75) is 13.1 Å². The van der Waals surface area contributed by atoms with Gasteiger partial charge in [0.25, 0.3) is 0 Å². The van der Waals surface area contributed by atoms with E-state index in [4.69, 9.17) is 19.4 Å². The van der Waals surface area contributed by atoms with Gasteiger partial charge >= 0.3 is 6.18 Å². The number of ether oxygens (including phenoxy) is 2. The molecular weight excluding hydrogens is 399 g/mol. The lowest BCUT2D eigenvalue weighted by Crippen LogP contribution is -2.53. The van der Waals surface area contributed by atoms with E-state index in [1.54, 1.807) is 13.0 Å². The summed E-state index contributed by atoms with van der Waals surface area (Å²) in [7, 11) is 0. The van der Waals surface area contributed by atoms with Gasteiger partial charge in [0.1, 0.15) is 32.3 Å². The summed E-state index contributed by atoms with van der Waals surface area (Å²) in [4.78, 5) is 9.61. The van der Waals surface area contributed by atoms with Crippen LogP contribution in [0.25, 0.3) is 10.1 Å². The van der Waals surface area contributed by atoms with Crippen LogP contribution in [0, 0.1) is 18.6 Å². The number of quaternary nitrogens is 2. The molecule has 6 N–H and O–H groups in total. The van der Waals surface area contributed by atoms with Crippen LogP contribution in [0.3, 0.4) is 0 Å². The molecule has 2 aromatic rings. The fourth-order valence-electron chi connectivity index (χ4n) is 1.87. The molecule has 1 aromatic carbocycles. The minimum Gasteiger partial charge on any atom is -0.542 e. The number of aryl methyl sites for hydroxylation is 1. The van der Waals surface area contributed by atoms with Crippen molar-refractivity contribution in [3.05, 3.63) is 22.6 Å². The molecule has 0 aliphatic carbocycles. The molecule has 0 bridgehead atoms. The molecule has 0 radical (unpaired) electrons. The minimum absolute atomic E-state index is 0.172.